The normalized spacial score (nSPS) is 10.9. The van der Waals surface area contributed by atoms with Gasteiger partial charge in [-0.2, -0.15) is 0 Å². The third-order valence-electron chi connectivity index (χ3n) is 2.86. The highest BCUT2D eigenvalue weighted by atomic mass is 19.1. The fourth-order valence-electron chi connectivity index (χ4n) is 2.00. The zero-order valence-corrected chi connectivity index (χ0v) is 9.22. The number of pyridine rings is 1. The minimum absolute atomic E-state index is 0.0113. The first-order valence-electron chi connectivity index (χ1n) is 5.38. The average molecular weight is 241 g/mol. The van der Waals surface area contributed by atoms with Gasteiger partial charge in [0.05, 0.1) is 16.6 Å². The average Bonchev–Trinajstić information content (AvgIpc) is 2.37. The SMILES string of the molecule is O=C(O)c1ccc(F)c2cc3ccccc3nc12. The van der Waals surface area contributed by atoms with Crippen molar-refractivity contribution in [2.75, 3.05) is 0 Å². The molecule has 1 N–H and O–H groups in total. The van der Waals surface area contributed by atoms with Crippen LogP contribution in [-0.4, -0.2) is 16.1 Å². The van der Waals surface area contributed by atoms with E-state index in [0.717, 1.165) is 11.5 Å². The number of benzene rings is 2. The molecule has 0 radical (unpaired) electrons. The van der Waals surface area contributed by atoms with Gasteiger partial charge in [-0.25, -0.2) is 14.2 Å². The summed E-state index contributed by atoms with van der Waals surface area (Å²) in [6, 6.07) is 11.2. The molecule has 88 valence electrons. The summed E-state index contributed by atoms with van der Waals surface area (Å²) in [6.07, 6.45) is 0. The summed E-state index contributed by atoms with van der Waals surface area (Å²) in [5, 5.41) is 10.1. The molecule has 0 spiro atoms. The van der Waals surface area contributed by atoms with Crippen LogP contribution in [0.5, 0.6) is 0 Å². The van der Waals surface area contributed by atoms with Gasteiger partial charge in [-0.15, -0.1) is 0 Å². The van der Waals surface area contributed by atoms with Gasteiger partial charge in [0.1, 0.15) is 5.82 Å². The van der Waals surface area contributed by atoms with Gasteiger partial charge in [-0.05, 0) is 24.3 Å². The number of aromatic carboxylic acids is 1. The number of aromatic nitrogens is 1. The molecule has 3 nitrogen and oxygen atoms in total. The molecule has 0 aliphatic carbocycles. The topological polar surface area (TPSA) is 50.2 Å². The number of halogens is 1. The van der Waals surface area contributed by atoms with Crippen LogP contribution in [-0.2, 0) is 0 Å². The van der Waals surface area contributed by atoms with Crippen LogP contribution in [0.4, 0.5) is 4.39 Å². The monoisotopic (exact) mass is 241 g/mol. The van der Waals surface area contributed by atoms with Crippen molar-refractivity contribution in [3.63, 3.8) is 0 Å². The minimum atomic E-state index is -1.11. The second-order valence-corrected chi connectivity index (χ2v) is 3.98. The summed E-state index contributed by atoms with van der Waals surface area (Å²) in [5.41, 5.74) is 0.844. The van der Waals surface area contributed by atoms with Crippen molar-refractivity contribution in [3.8, 4) is 0 Å². The Hall–Kier alpha value is -2.49. The number of nitrogens with zero attached hydrogens (tertiary/aromatic N) is 1. The van der Waals surface area contributed by atoms with E-state index in [0.29, 0.717) is 5.52 Å². The summed E-state index contributed by atoms with van der Waals surface area (Å²) < 4.78 is 13.7. The minimum Gasteiger partial charge on any atom is -0.478 e. The van der Waals surface area contributed by atoms with E-state index in [1.807, 2.05) is 12.1 Å². The molecular weight excluding hydrogens is 233 g/mol. The highest BCUT2D eigenvalue weighted by Gasteiger charge is 2.13. The van der Waals surface area contributed by atoms with E-state index in [1.165, 1.54) is 6.07 Å². The van der Waals surface area contributed by atoms with Crippen LogP contribution in [0.3, 0.4) is 0 Å². The van der Waals surface area contributed by atoms with E-state index in [2.05, 4.69) is 4.98 Å². The summed E-state index contributed by atoms with van der Waals surface area (Å²) in [5.74, 6) is -1.57. The lowest BCUT2D eigenvalue weighted by Gasteiger charge is -2.05. The van der Waals surface area contributed by atoms with Crippen molar-refractivity contribution in [3.05, 3.63) is 53.8 Å². The molecule has 0 aliphatic rings. The van der Waals surface area contributed by atoms with Gasteiger partial charge in [0.2, 0.25) is 0 Å². The number of rotatable bonds is 1. The second kappa shape index (κ2) is 3.77. The predicted molar refractivity (Wildman–Crippen MR) is 66.2 cm³/mol. The Bertz CT molecular complexity index is 783. The molecule has 0 saturated heterocycles. The third-order valence-corrected chi connectivity index (χ3v) is 2.86. The summed E-state index contributed by atoms with van der Waals surface area (Å²) >= 11 is 0. The van der Waals surface area contributed by atoms with Gasteiger partial charge in [0, 0.05) is 10.8 Å². The maximum atomic E-state index is 13.7. The third kappa shape index (κ3) is 1.50. The molecule has 1 aromatic heterocycles. The maximum Gasteiger partial charge on any atom is 0.337 e. The Kier molecular flexibility index (Phi) is 2.23. The Morgan fingerprint density at radius 1 is 1.17 bits per heavy atom. The zero-order chi connectivity index (χ0) is 12.7. The zero-order valence-electron chi connectivity index (χ0n) is 9.22. The largest absolute Gasteiger partial charge is 0.478 e. The van der Waals surface area contributed by atoms with E-state index in [-0.39, 0.29) is 16.5 Å². The molecule has 4 heteroatoms. The number of hydrogen-bond acceptors (Lipinski definition) is 2. The van der Waals surface area contributed by atoms with Crippen LogP contribution in [0.15, 0.2) is 42.5 Å². The fourth-order valence-corrected chi connectivity index (χ4v) is 2.00. The van der Waals surface area contributed by atoms with Crippen LogP contribution in [0.1, 0.15) is 10.4 Å². The maximum absolute atomic E-state index is 13.7. The standard InChI is InChI=1S/C14H8FNO2/c15-11-6-5-9(14(17)18)13-10(11)7-8-3-1-2-4-12(8)16-13/h1-7H,(H,17,18). The Morgan fingerprint density at radius 2 is 1.94 bits per heavy atom. The number of carboxylic acids is 1. The lowest BCUT2D eigenvalue weighted by Crippen LogP contribution is -2.00. The Labute approximate surface area is 102 Å². The fraction of sp³-hybridized carbons (Fsp3) is 0. The molecule has 0 amide bonds. The summed E-state index contributed by atoms with van der Waals surface area (Å²) in [6.45, 7) is 0. The van der Waals surface area contributed by atoms with Crippen molar-refractivity contribution in [1.82, 2.24) is 4.98 Å². The number of carboxylic acid groups (broad SMARTS) is 1. The van der Waals surface area contributed by atoms with Crippen LogP contribution >= 0.6 is 0 Å². The molecule has 2 aromatic carbocycles. The van der Waals surface area contributed by atoms with Crippen molar-refractivity contribution in [2.24, 2.45) is 0 Å². The lowest BCUT2D eigenvalue weighted by atomic mass is 10.1. The van der Waals surface area contributed by atoms with Crippen LogP contribution < -0.4 is 0 Å². The van der Waals surface area contributed by atoms with Crippen LogP contribution in [0, 0.1) is 5.82 Å². The first-order valence-corrected chi connectivity index (χ1v) is 5.38. The van der Waals surface area contributed by atoms with Crippen molar-refractivity contribution < 1.29 is 14.3 Å². The van der Waals surface area contributed by atoms with Gasteiger partial charge in [0.25, 0.3) is 0 Å². The molecule has 3 aromatic rings. The lowest BCUT2D eigenvalue weighted by molar-refractivity contribution is 0.0699. The quantitative estimate of drug-likeness (QED) is 0.665. The Balaban J connectivity index is 2.52. The molecule has 3 rings (SSSR count). The smallest absolute Gasteiger partial charge is 0.337 e. The molecule has 0 atom stereocenters. The number of hydrogen-bond donors (Lipinski definition) is 1. The molecule has 0 aliphatic heterocycles. The first kappa shape index (κ1) is 10.7. The number of fused-ring (bicyclic) bond motifs is 2. The van der Waals surface area contributed by atoms with Gasteiger partial charge in [0.15, 0.2) is 0 Å². The van der Waals surface area contributed by atoms with Gasteiger partial charge >= 0.3 is 5.97 Å². The molecular formula is C14H8FNO2. The molecule has 18 heavy (non-hydrogen) atoms. The number of carbonyl (C=O) groups is 1. The van der Waals surface area contributed by atoms with Crippen molar-refractivity contribution in [1.29, 1.82) is 0 Å². The molecule has 0 fully saturated rings. The van der Waals surface area contributed by atoms with E-state index in [4.69, 9.17) is 5.11 Å². The van der Waals surface area contributed by atoms with Crippen LogP contribution in [0.25, 0.3) is 21.8 Å². The predicted octanol–water partition coefficient (Wildman–Crippen LogP) is 3.23. The van der Waals surface area contributed by atoms with Crippen LogP contribution in [0.2, 0.25) is 0 Å². The molecule has 0 unspecified atom stereocenters. The number of para-hydroxylation sites is 1. The second-order valence-electron chi connectivity index (χ2n) is 3.98. The van der Waals surface area contributed by atoms with Crippen molar-refractivity contribution >= 4 is 27.8 Å². The van der Waals surface area contributed by atoms with Gasteiger partial charge < -0.3 is 5.11 Å². The molecule has 0 bridgehead atoms. The highest BCUT2D eigenvalue weighted by Crippen LogP contribution is 2.24. The highest BCUT2D eigenvalue weighted by molar-refractivity contribution is 6.05. The molecule has 1 heterocycles. The van der Waals surface area contributed by atoms with E-state index in [1.54, 1.807) is 18.2 Å². The first-order chi connectivity index (χ1) is 8.66. The summed E-state index contributed by atoms with van der Waals surface area (Å²) in [7, 11) is 0. The Morgan fingerprint density at radius 3 is 2.72 bits per heavy atom. The van der Waals surface area contributed by atoms with E-state index >= 15 is 0 Å². The van der Waals surface area contributed by atoms with E-state index < -0.39 is 11.8 Å². The van der Waals surface area contributed by atoms with E-state index in [9.17, 15) is 9.18 Å². The van der Waals surface area contributed by atoms with Crippen molar-refractivity contribution in [2.45, 2.75) is 0 Å². The van der Waals surface area contributed by atoms with Gasteiger partial charge in [-0.3, -0.25) is 0 Å². The summed E-state index contributed by atoms with van der Waals surface area (Å²) in [4.78, 5) is 15.3. The molecule has 0 saturated carbocycles. The van der Waals surface area contributed by atoms with Gasteiger partial charge in [-0.1, -0.05) is 18.2 Å².